The van der Waals surface area contributed by atoms with E-state index in [-0.39, 0.29) is 6.04 Å². The van der Waals surface area contributed by atoms with Gasteiger partial charge in [0.1, 0.15) is 5.75 Å². The molecule has 1 unspecified atom stereocenters. The van der Waals surface area contributed by atoms with Crippen LogP contribution in [0.4, 0.5) is 0 Å². The third-order valence-corrected chi connectivity index (χ3v) is 5.20. The molecule has 2 rings (SSSR count). The standard InChI is InChI=1S/C17H22BrNOS/c1-5-7-19-16(13-6-8-21-10-13)15-12(3)14(18)9-11(2)17(15)20-4/h6,8-10,16,19H,5,7H2,1-4H3. The SMILES string of the molecule is CCCNC(c1ccsc1)c1c(C)c(Br)cc(C)c1OC. The Morgan fingerprint density at radius 2 is 2.14 bits per heavy atom. The quantitative estimate of drug-likeness (QED) is 0.754. The molecule has 0 spiro atoms. The Hall–Kier alpha value is -0.840. The predicted molar refractivity (Wildman–Crippen MR) is 94.6 cm³/mol. The summed E-state index contributed by atoms with van der Waals surface area (Å²) in [6.07, 6.45) is 1.11. The summed E-state index contributed by atoms with van der Waals surface area (Å²) in [7, 11) is 1.75. The van der Waals surface area contributed by atoms with Crippen molar-refractivity contribution in [3.63, 3.8) is 0 Å². The highest BCUT2D eigenvalue weighted by molar-refractivity contribution is 9.10. The minimum atomic E-state index is 0.169. The fraction of sp³-hybridized carbons (Fsp3) is 0.412. The molecule has 2 nitrogen and oxygen atoms in total. The molecule has 4 heteroatoms. The number of methoxy groups -OCH3 is 1. The van der Waals surface area contributed by atoms with E-state index in [1.807, 2.05) is 0 Å². The molecule has 2 aromatic rings. The molecule has 1 aromatic heterocycles. The lowest BCUT2D eigenvalue weighted by Gasteiger charge is -2.24. The number of hydrogen-bond donors (Lipinski definition) is 1. The first-order chi connectivity index (χ1) is 10.1. The van der Waals surface area contributed by atoms with E-state index >= 15 is 0 Å². The first kappa shape index (κ1) is 16.5. The largest absolute Gasteiger partial charge is 0.496 e. The molecule has 1 N–H and O–H groups in total. The first-order valence-corrected chi connectivity index (χ1v) is 8.92. The van der Waals surface area contributed by atoms with Gasteiger partial charge < -0.3 is 10.1 Å². The molecule has 0 aliphatic heterocycles. The minimum Gasteiger partial charge on any atom is -0.496 e. The van der Waals surface area contributed by atoms with Gasteiger partial charge in [-0.25, -0.2) is 0 Å². The average molecular weight is 368 g/mol. The van der Waals surface area contributed by atoms with Crippen molar-refractivity contribution in [2.75, 3.05) is 13.7 Å². The Morgan fingerprint density at radius 1 is 1.38 bits per heavy atom. The topological polar surface area (TPSA) is 21.3 Å². The van der Waals surface area contributed by atoms with Gasteiger partial charge in [-0.05, 0) is 66.4 Å². The number of aryl methyl sites for hydroxylation is 1. The number of hydrogen-bond acceptors (Lipinski definition) is 3. The van der Waals surface area contributed by atoms with Crippen LogP contribution in [0.15, 0.2) is 27.4 Å². The van der Waals surface area contributed by atoms with Crippen molar-refractivity contribution < 1.29 is 4.74 Å². The van der Waals surface area contributed by atoms with Gasteiger partial charge in [-0.3, -0.25) is 0 Å². The fourth-order valence-corrected chi connectivity index (χ4v) is 3.85. The van der Waals surface area contributed by atoms with Crippen molar-refractivity contribution >= 4 is 27.3 Å². The van der Waals surface area contributed by atoms with Crippen molar-refractivity contribution in [3.8, 4) is 5.75 Å². The van der Waals surface area contributed by atoms with Gasteiger partial charge in [0, 0.05) is 10.0 Å². The van der Waals surface area contributed by atoms with Crippen LogP contribution in [0.5, 0.6) is 5.75 Å². The zero-order valence-electron chi connectivity index (χ0n) is 13.0. The second-order valence-electron chi connectivity index (χ2n) is 5.19. The summed E-state index contributed by atoms with van der Waals surface area (Å²) < 4.78 is 6.85. The van der Waals surface area contributed by atoms with Crippen LogP contribution >= 0.6 is 27.3 Å². The maximum atomic E-state index is 5.71. The molecule has 1 heterocycles. The van der Waals surface area contributed by atoms with Gasteiger partial charge in [-0.15, -0.1) is 0 Å². The van der Waals surface area contributed by atoms with Gasteiger partial charge in [0.05, 0.1) is 13.2 Å². The summed E-state index contributed by atoms with van der Waals surface area (Å²) in [4.78, 5) is 0. The van der Waals surface area contributed by atoms with Crippen LogP contribution in [-0.4, -0.2) is 13.7 Å². The van der Waals surface area contributed by atoms with Crippen molar-refractivity contribution in [3.05, 3.63) is 49.6 Å². The molecule has 0 bridgehead atoms. The fourth-order valence-electron chi connectivity index (χ4n) is 2.61. The Morgan fingerprint density at radius 3 is 2.71 bits per heavy atom. The average Bonchev–Trinajstić information content (AvgIpc) is 2.98. The minimum absolute atomic E-state index is 0.169. The maximum Gasteiger partial charge on any atom is 0.127 e. The van der Waals surface area contributed by atoms with Gasteiger partial charge in [-0.1, -0.05) is 22.9 Å². The summed E-state index contributed by atoms with van der Waals surface area (Å²) in [6, 6.07) is 4.48. The Labute approximate surface area is 139 Å². The number of rotatable bonds is 6. The summed E-state index contributed by atoms with van der Waals surface area (Å²) in [6.45, 7) is 7.41. The molecular formula is C17H22BrNOS. The molecule has 21 heavy (non-hydrogen) atoms. The van der Waals surface area contributed by atoms with E-state index in [0.29, 0.717) is 0 Å². The number of nitrogens with one attached hydrogen (secondary N) is 1. The van der Waals surface area contributed by atoms with Gasteiger partial charge in [0.15, 0.2) is 0 Å². The number of ether oxygens (including phenoxy) is 1. The second kappa shape index (κ2) is 7.43. The van der Waals surface area contributed by atoms with Crippen LogP contribution in [0.3, 0.4) is 0 Å². The third-order valence-electron chi connectivity index (χ3n) is 3.68. The van der Waals surface area contributed by atoms with E-state index in [1.54, 1.807) is 18.4 Å². The first-order valence-electron chi connectivity index (χ1n) is 7.19. The van der Waals surface area contributed by atoms with Crippen molar-refractivity contribution in [2.24, 2.45) is 0 Å². The van der Waals surface area contributed by atoms with Gasteiger partial charge in [0.25, 0.3) is 0 Å². The van der Waals surface area contributed by atoms with E-state index in [1.165, 1.54) is 16.7 Å². The second-order valence-corrected chi connectivity index (χ2v) is 6.83. The van der Waals surface area contributed by atoms with Crippen LogP contribution in [0, 0.1) is 13.8 Å². The van der Waals surface area contributed by atoms with Crippen molar-refractivity contribution in [1.82, 2.24) is 5.32 Å². The molecule has 0 saturated heterocycles. The normalized spacial score (nSPS) is 12.4. The monoisotopic (exact) mass is 367 g/mol. The molecule has 1 aromatic carbocycles. The lowest BCUT2D eigenvalue weighted by molar-refractivity contribution is 0.400. The Balaban J connectivity index is 2.58. The van der Waals surface area contributed by atoms with Crippen LogP contribution < -0.4 is 10.1 Å². The molecular weight excluding hydrogens is 346 g/mol. The zero-order valence-corrected chi connectivity index (χ0v) is 15.4. The van der Waals surface area contributed by atoms with Gasteiger partial charge in [0.2, 0.25) is 0 Å². The van der Waals surface area contributed by atoms with E-state index in [4.69, 9.17) is 4.74 Å². The summed E-state index contributed by atoms with van der Waals surface area (Å²) in [5.74, 6) is 0.982. The van der Waals surface area contributed by atoms with Gasteiger partial charge in [-0.2, -0.15) is 11.3 Å². The lowest BCUT2D eigenvalue weighted by atomic mass is 9.93. The Kier molecular flexibility index (Phi) is 5.85. The van der Waals surface area contributed by atoms with Crippen LogP contribution in [0.2, 0.25) is 0 Å². The molecule has 0 fully saturated rings. The van der Waals surface area contributed by atoms with E-state index in [2.05, 4.69) is 64.9 Å². The van der Waals surface area contributed by atoms with Gasteiger partial charge >= 0.3 is 0 Å². The maximum absolute atomic E-state index is 5.71. The summed E-state index contributed by atoms with van der Waals surface area (Å²) in [5, 5.41) is 8.00. The van der Waals surface area contributed by atoms with Crippen molar-refractivity contribution in [2.45, 2.75) is 33.2 Å². The van der Waals surface area contributed by atoms with E-state index in [0.717, 1.165) is 28.8 Å². The highest BCUT2D eigenvalue weighted by Gasteiger charge is 2.23. The molecule has 0 amide bonds. The lowest BCUT2D eigenvalue weighted by Crippen LogP contribution is -2.24. The van der Waals surface area contributed by atoms with E-state index in [9.17, 15) is 0 Å². The number of benzene rings is 1. The molecule has 1 atom stereocenters. The molecule has 0 aliphatic rings. The summed E-state index contributed by atoms with van der Waals surface area (Å²) in [5.41, 5.74) is 4.92. The molecule has 0 aliphatic carbocycles. The zero-order chi connectivity index (χ0) is 15.4. The molecule has 0 radical (unpaired) electrons. The Bertz CT molecular complexity index is 595. The molecule has 114 valence electrons. The number of halogens is 1. The molecule has 0 saturated carbocycles. The van der Waals surface area contributed by atoms with Crippen LogP contribution in [0.1, 0.15) is 41.6 Å². The van der Waals surface area contributed by atoms with Crippen molar-refractivity contribution in [1.29, 1.82) is 0 Å². The van der Waals surface area contributed by atoms with Crippen LogP contribution in [-0.2, 0) is 0 Å². The number of thiophene rings is 1. The van der Waals surface area contributed by atoms with Crippen LogP contribution in [0.25, 0.3) is 0 Å². The predicted octanol–water partition coefficient (Wildman–Crippen LogP) is 5.23. The highest BCUT2D eigenvalue weighted by atomic mass is 79.9. The third kappa shape index (κ3) is 3.50. The van der Waals surface area contributed by atoms with E-state index < -0.39 is 0 Å². The highest BCUT2D eigenvalue weighted by Crippen LogP contribution is 2.39. The summed E-state index contributed by atoms with van der Waals surface area (Å²) >= 11 is 5.41. The smallest absolute Gasteiger partial charge is 0.127 e.